The summed E-state index contributed by atoms with van der Waals surface area (Å²) in [7, 11) is 0. The summed E-state index contributed by atoms with van der Waals surface area (Å²) in [6.07, 6.45) is -0.336. The Bertz CT molecular complexity index is 601. The highest BCUT2D eigenvalue weighted by atomic mass is 35.5. The lowest BCUT2D eigenvalue weighted by Crippen LogP contribution is -2.29. The van der Waals surface area contributed by atoms with Crippen molar-refractivity contribution in [1.29, 1.82) is 0 Å². The highest BCUT2D eigenvalue weighted by molar-refractivity contribution is 6.30. The van der Waals surface area contributed by atoms with E-state index in [1.807, 2.05) is 38.1 Å². The molecule has 0 aliphatic carbocycles. The van der Waals surface area contributed by atoms with E-state index in [2.05, 4.69) is 0 Å². The Morgan fingerprint density at radius 1 is 1.20 bits per heavy atom. The van der Waals surface area contributed by atoms with Crippen LogP contribution in [0.25, 0.3) is 0 Å². The average molecular weight is 294 g/mol. The summed E-state index contributed by atoms with van der Waals surface area (Å²) < 4.78 is 19.3. The lowest BCUT2D eigenvalue weighted by molar-refractivity contribution is 0.179. The minimum Gasteiger partial charge on any atom is -0.484 e. The molecule has 0 heterocycles. The van der Waals surface area contributed by atoms with Crippen molar-refractivity contribution in [3.8, 4) is 5.75 Å². The molecule has 0 saturated carbocycles. The molecule has 2 rings (SSSR count). The number of nitrogens with two attached hydrogens (primary N) is 1. The van der Waals surface area contributed by atoms with Gasteiger partial charge in [0, 0.05) is 12.1 Å². The van der Waals surface area contributed by atoms with Crippen LogP contribution < -0.4 is 10.5 Å². The third kappa shape index (κ3) is 3.30. The van der Waals surface area contributed by atoms with Gasteiger partial charge < -0.3 is 10.5 Å². The molecule has 106 valence electrons. The molecule has 0 saturated heterocycles. The van der Waals surface area contributed by atoms with Crippen LogP contribution in [0.4, 0.5) is 4.39 Å². The summed E-state index contributed by atoms with van der Waals surface area (Å²) >= 11 is 5.67. The molecule has 0 aliphatic rings. The SMILES string of the molecule is Cc1ccccc1C(Oc1ccc(Cl)c(F)c1)C(C)N. The maximum atomic E-state index is 13.5. The molecular weight excluding hydrogens is 277 g/mol. The number of hydrogen-bond acceptors (Lipinski definition) is 2. The third-order valence-electron chi connectivity index (χ3n) is 3.13. The minimum atomic E-state index is -0.502. The van der Waals surface area contributed by atoms with Gasteiger partial charge in [-0.2, -0.15) is 0 Å². The summed E-state index contributed by atoms with van der Waals surface area (Å²) in [5.74, 6) is -0.0881. The number of ether oxygens (including phenoxy) is 1. The molecule has 0 aromatic heterocycles. The van der Waals surface area contributed by atoms with E-state index in [0.29, 0.717) is 5.75 Å². The normalized spacial score (nSPS) is 13.8. The zero-order valence-electron chi connectivity index (χ0n) is 11.4. The first-order valence-electron chi connectivity index (χ1n) is 6.42. The molecule has 0 bridgehead atoms. The molecule has 2 unspecified atom stereocenters. The topological polar surface area (TPSA) is 35.2 Å². The Balaban J connectivity index is 2.31. The molecular formula is C16H17ClFNO. The van der Waals surface area contributed by atoms with Crippen LogP contribution in [-0.4, -0.2) is 6.04 Å². The molecule has 0 amide bonds. The van der Waals surface area contributed by atoms with Crippen LogP contribution in [0.3, 0.4) is 0 Å². The Hall–Kier alpha value is -1.58. The minimum absolute atomic E-state index is 0.0746. The van der Waals surface area contributed by atoms with Crippen molar-refractivity contribution < 1.29 is 9.13 Å². The lowest BCUT2D eigenvalue weighted by Gasteiger charge is -2.24. The van der Waals surface area contributed by atoms with Crippen molar-refractivity contribution in [2.24, 2.45) is 5.73 Å². The van der Waals surface area contributed by atoms with E-state index < -0.39 is 5.82 Å². The van der Waals surface area contributed by atoms with Crippen LogP contribution >= 0.6 is 11.6 Å². The molecule has 20 heavy (non-hydrogen) atoms. The second-order valence-electron chi connectivity index (χ2n) is 4.83. The fourth-order valence-corrected chi connectivity index (χ4v) is 2.17. The van der Waals surface area contributed by atoms with Crippen LogP contribution in [0.5, 0.6) is 5.75 Å². The Labute approximate surface area is 123 Å². The number of benzene rings is 2. The highest BCUT2D eigenvalue weighted by Crippen LogP contribution is 2.28. The second-order valence-corrected chi connectivity index (χ2v) is 5.24. The van der Waals surface area contributed by atoms with Crippen molar-refractivity contribution in [2.45, 2.75) is 26.0 Å². The summed E-state index contributed by atoms with van der Waals surface area (Å²) in [4.78, 5) is 0. The van der Waals surface area contributed by atoms with Crippen molar-refractivity contribution in [2.75, 3.05) is 0 Å². The monoisotopic (exact) mass is 293 g/mol. The van der Waals surface area contributed by atoms with E-state index in [-0.39, 0.29) is 17.2 Å². The number of aryl methyl sites for hydroxylation is 1. The van der Waals surface area contributed by atoms with Gasteiger partial charge in [-0.1, -0.05) is 35.9 Å². The van der Waals surface area contributed by atoms with Crippen LogP contribution in [0.15, 0.2) is 42.5 Å². The van der Waals surface area contributed by atoms with E-state index in [4.69, 9.17) is 22.1 Å². The first-order valence-corrected chi connectivity index (χ1v) is 6.79. The van der Waals surface area contributed by atoms with Gasteiger partial charge in [0.2, 0.25) is 0 Å². The first-order chi connectivity index (χ1) is 9.49. The van der Waals surface area contributed by atoms with Crippen LogP contribution in [0.2, 0.25) is 5.02 Å². The van der Waals surface area contributed by atoms with E-state index in [9.17, 15) is 4.39 Å². The maximum Gasteiger partial charge on any atom is 0.145 e. The number of halogens is 2. The van der Waals surface area contributed by atoms with E-state index in [0.717, 1.165) is 11.1 Å². The fraction of sp³-hybridized carbons (Fsp3) is 0.250. The van der Waals surface area contributed by atoms with Crippen LogP contribution in [-0.2, 0) is 0 Å². The predicted octanol–water partition coefficient (Wildman–Crippen LogP) is 4.25. The Kier molecular flexibility index (Phi) is 4.63. The zero-order chi connectivity index (χ0) is 14.7. The largest absolute Gasteiger partial charge is 0.484 e. The molecule has 4 heteroatoms. The van der Waals surface area contributed by atoms with Gasteiger partial charge in [-0.3, -0.25) is 0 Å². The van der Waals surface area contributed by atoms with Crippen LogP contribution in [0.1, 0.15) is 24.2 Å². The Morgan fingerprint density at radius 2 is 1.90 bits per heavy atom. The lowest BCUT2D eigenvalue weighted by atomic mass is 9.99. The summed E-state index contributed by atoms with van der Waals surface area (Å²) in [5.41, 5.74) is 8.09. The standard InChI is InChI=1S/C16H17ClFNO/c1-10-5-3-4-6-13(10)16(11(2)19)20-12-7-8-14(17)15(18)9-12/h3-9,11,16H,19H2,1-2H3. The van der Waals surface area contributed by atoms with E-state index in [1.165, 1.54) is 12.1 Å². The maximum absolute atomic E-state index is 13.5. The highest BCUT2D eigenvalue weighted by Gasteiger charge is 2.20. The van der Waals surface area contributed by atoms with Crippen molar-refractivity contribution in [1.82, 2.24) is 0 Å². The summed E-state index contributed by atoms with van der Waals surface area (Å²) in [5, 5.41) is 0.0746. The molecule has 2 atom stereocenters. The molecule has 0 fully saturated rings. The van der Waals surface area contributed by atoms with Gasteiger partial charge in [0.25, 0.3) is 0 Å². The van der Waals surface area contributed by atoms with Gasteiger partial charge in [0.1, 0.15) is 17.7 Å². The molecule has 0 radical (unpaired) electrons. The smallest absolute Gasteiger partial charge is 0.145 e. The predicted molar refractivity (Wildman–Crippen MR) is 79.6 cm³/mol. The van der Waals surface area contributed by atoms with E-state index in [1.54, 1.807) is 6.07 Å². The summed E-state index contributed by atoms with van der Waals surface area (Å²) in [6.45, 7) is 3.86. The van der Waals surface area contributed by atoms with Crippen molar-refractivity contribution >= 4 is 11.6 Å². The first kappa shape index (κ1) is 14.8. The van der Waals surface area contributed by atoms with Gasteiger partial charge >= 0.3 is 0 Å². The molecule has 2 aromatic carbocycles. The quantitative estimate of drug-likeness (QED) is 0.914. The third-order valence-corrected chi connectivity index (χ3v) is 3.43. The van der Waals surface area contributed by atoms with Gasteiger partial charge in [0.15, 0.2) is 0 Å². The van der Waals surface area contributed by atoms with Crippen molar-refractivity contribution in [3.05, 3.63) is 64.4 Å². The molecule has 2 aromatic rings. The molecule has 2 nitrogen and oxygen atoms in total. The average Bonchev–Trinajstić information content (AvgIpc) is 2.41. The summed E-state index contributed by atoms with van der Waals surface area (Å²) in [6, 6.07) is 12.0. The molecule has 2 N–H and O–H groups in total. The molecule has 0 spiro atoms. The Morgan fingerprint density at radius 3 is 2.50 bits per heavy atom. The van der Waals surface area contributed by atoms with E-state index >= 15 is 0 Å². The van der Waals surface area contributed by atoms with Crippen LogP contribution in [0, 0.1) is 12.7 Å². The van der Waals surface area contributed by atoms with Gasteiger partial charge in [-0.05, 0) is 37.1 Å². The number of hydrogen-bond donors (Lipinski definition) is 1. The number of rotatable bonds is 4. The van der Waals surface area contributed by atoms with Gasteiger partial charge in [0.05, 0.1) is 5.02 Å². The fourth-order valence-electron chi connectivity index (χ4n) is 2.06. The zero-order valence-corrected chi connectivity index (χ0v) is 12.2. The molecule has 0 aliphatic heterocycles. The second kappa shape index (κ2) is 6.25. The van der Waals surface area contributed by atoms with Gasteiger partial charge in [-0.25, -0.2) is 4.39 Å². The van der Waals surface area contributed by atoms with Gasteiger partial charge in [-0.15, -0.1) is 0 Å². The van der Waals surface area contributed by atoms with Crippen molar-refractivity contribution in [3.63, 3.8) is 0 Å².